The lowest BCUT2D eigenvalue weighted by molar-refractivity contribution is -0.137. The van der Waals surface area contributed by atoms with Gasteiger partial charge < -0.3 is 10.2 Å². The van der Waals surface area contributed by atoms with E-state index in [2.05, 4.69) is 50.9 Å². The van der Waals surface area contributed by atoms with E-state index in [1.54, 1.807) is 0 Å². The van der Waals surface area contributed by atoms with Crippen LogP contribution < -0.4 is 0 Å². The number of carboxylic acids is 1. The summed E-state index contributed by atoms with van der Waals surface area (Å²) in [5.41, 5.74) is 0. The van der Waals surface area contributed by atoms with Crippen LogP contribution in [0.4, 0.5) is 0 Å². The molecule has 0 aliphatic rings. The van der Waals surface area contributed by atoms with Gasteiger partial charge in [0.05, 0.1) is 6.10 Å². The quantitative estimate of drug-likeness (QED) is 0.176. The fourth-order valence-corrected chi connectivity index (χ4v) is 2.93. The zero-order chi connectivity index (χ0) is 17.6. The van der Waals surface area contributed by atoms with E-state index in [4.69, 9.17) is 5.11 Å². The number of hydrogen-bond donors (Lipinski definition) is 2. The summed E-state index contributed by atoms with van der Waals surface area (Å²) in [6.07, 6.45) is 16.4. The Morgan fingerprint density at radius 1 is 1.04 bits per heavy atom. The third-order valence-electron chi connectivity index (χ3n) is 3.89. The van der Waals surface area contributed by atoms with Crippen molar-refractivity contribution in [2.45, 2.75) is 93.3 Å². The first kappa shape index (κ1) is 23.1. The predicted molar refractivity (Wildman–Crippen MR) is 104 cm³/mol. The monoisotopic (exact) mass is 454 g/mol. The van der Waals surface area contributed by atoms with Gasteiger partial charge in [-0.2, -0.15) is 0 Å². The van der Waals surface area contributed by atoms with Gasteiger partial charge in [0.15, 0.2) is 3.23 Å². The van der Waals surface area contributed by atoms with Gasteiger partial charge in [-0.3, -0.25) is 0 Å². The number of carboxylic acid groups (broad SMARTS) is 1. The second kappa shape index (κ2) is 14.5. The van der Waals surface area contributed by atoms with Crippen molar-refractivity contribution < 1.29 is 15.0 Å². The lowest BCUT2D eigenvalue weighted by atomic mass is 10.1. The summed E-state index contributed by atoms with van der Waals surface area (Å²) in [6.45, 7) is 2.20. The van der Waals surface area contributed by atoms with Crippen molar-refractivity contribution in [1.82, 2.24) is 0 Å². The normalized spacial score (nSPS) is 13.6. The molecule has 23 heavy (non-hydrogen) atoms. The SMILES string of the molecule is CCCCCC[C@@H](O)C/C=C\CCCCCCC(Br)(Br)C(=O)O. The summed E-state index contributed by atoms with van der Waals surface area (Å²) < 4.78 is -0.965. The summed E-state index contributed by atoms with van der Waals surface area (Å²) in [4.78, 5) is 10.9. The molecule has 0 bridgehead atoms. The van der Waals surface area contributed by atoms with Crippen molar-refractivity contribution in [1.29, 1.82) is 0 Å². The number of halogens is 2. The fourth-order valence-electron chi connectivity index (χ4n) is 2.37. The van der Waals surface area contributed by atoms with Gasteiger partial charge in [0.25, 0.3) is 0 Å². The lowest BCUT2D eigenvalue weighted by Gasteiger charge is -2.14. The van der Waals surface area contributed by atoms with E-state index >= 15 is 0 Å². The zero-order valence-electron chi connectivity index (χ0n) is 14.3. The average Bonchev–Trinajstić information content (AvgIpc) is 2.49. The first-order valence-corrected chi connectivity index (χ1v) is 10.4. The Kier molecular flexibility index (Phi) is 14.6. The molecule has 0 amide bonds. The molecule has 0 aromatic carbocycles. The Labute approximate surface area is 158 Å². The molecule has 0 unspecified atom stereocenters. The third kappa shape index (κ3) is 14.2. The molecule has 136 valence electrons. The smallest absolute Gasteiger partial charge is 0.331 e. The van der Waals surface area contributed by atoms with Crippen LogP contribution in [-0.4, -0.2) is 25.5 Å². The van der Waals surface area contributed by atoms with Crippen LogP contribution in [0.15, 0.2) is 12.2 Å². The number of unbranched alkanes of at least 4 members (excludes halogenated alkanes) is 7. The van der Waals surface area contributed by atoms with Crippen molar-refractivity contribution >= 4 is 37.8 Å². The maximum Gasteiger partial charge on any atom is 0.331 e. The molecule has 0 radical (unpaired) electrons. The van der Waals surface area contributed by atoms with Gasteiger partial charge in [0.1, 0.15) is 0 Å². The van der Waals surface area contributed by atoms with Crippen molar-refractivity contribution in [3.63, 3.8) is 0 Å². The van der Waals surface area contributed by atoms with Gasteiger partial charge in [-0.25, -0.2) is 4.79 Å². The number of aliphatic carboxylic acids is 1. The summed E-state index contributed by atoms with van der Waals surface area (Å²) in [5, 5.41) is 18.8. The van der Waals surface area contributed by atoms with Crippen LogP contribution in [0.1, 0.15) is 84.0 Å². The first-order chi connectivity index (χ1) is 10.9. The molecule has 0 fully saturated rings. The van der Waals surface area contributed by atoms with Gasteiger partial charge in [-0.1, -0.05) is 95.9 Å². The minimum Gasteiger partial charge on any atom is -0.480 e. The minimum atomic E-state index is -0.965. The Hall–Kier alpha value is 0.130. The van der Waals surface area contributed by atoms with Crippen molar-refractivity contribution in [3.05, 3.63) is 12.2 Å². The Morgan fingerprint density at radius 2 is 1.70 bits per heavy atom. The van der Waals surface area contributed by atoms with E-state index in [-0.39, 0.29) is 6.10 Å². The van der Waals surface area contributed by atoms with Crippen LogP contribution in [-0.2, 0) is 4.79 Å². The number of hydrogen-bond acceptors (Lipinski definition) is 2. The molecule has 5 heteroatoms. The molecule has 0 saturated carbocycles. The summed E-state index contributed by atoms with van der Waals surface area (Å²) in [7, 11) is 0. The summed E-state index contributed by atoms with van der Waals surface area (Å²) >= 11 is 6.34. The van der Waals surface area contributed by atoms with Gasteiger partial charge in [0.2, 0.25) is 0 Å². The number of allylic oxidation sites excluding steroid dienone is 1. The third-order valence-corrected chi connectivity index (χ3v) is 5.36. The molecular formula is C18H32Br2O3. The molecule has 3 nitrogen and oxygen atoms in total. The number of aliphatic hydroxyl groups excluding tert-OH is 1. The van der Waals surface area contributed by atoms with E-state index in [0.29, 0.717) is 6.42 Å². The highest BCUT2D eigenvalue weighted by atomic mass is 79.9. The standard InChI is InChI=1S/C18H32Br2O3/c1-2-3-4-10-13-16(21)14-11-8-6-5-7-9-12-15-18(19,20)17(22)23/h8,11,16,21H,2-7,9-10,12-15H2,1H3,(H,22,23)/b11-8-/t16-/m1/s1. The Balaban J connectivity index is 3.45. The van der Waals surface area contributed by atoms with E-state index in [0.717, 1.165) is 51.4 Å². The topological polar surface area (TPSA) is 57.5 Å². The highest BCUT2D eigenvalue weighted by molar-refractivity contribution is 9.25. The molecule has 0 aliphatic heterocycles. The van der Waals surface area contributed by atoms with Crippen molar-refractivity contribution in [2.24, 2.45) is 0 Å². The van der Waals surface area contributed by atoms with Gasteiger partial charge >= 0.3 is 5.97 Å². The highest BCUT2D eigenvalue weighted by Gasteiger charge is 2.30. The maximum atomic E-state index is 10.9. The van der Waals surface area contributed by atoms with Crippen molar-refractivity contribution in [2.75, 3.05) is 0 Å². The Bertz CT molecular complexity index is 330. The van der Waals surface area contributed by atoms with Crippen LogP contribution in [0.25, 0.3) is 0 Å². The zero-order valence-corrected chi connectivity index (χ0v) is 17.4. The largest absolute Gasteiger partial charge is 0.480 e. The van der Waals surface area contributed by atoms with Crippen molar-refractivity contribution in [3.8, 4) is 0 Å². The first-order valence-electron chi connectivity index (χ1n) is 8.84. The van der Waals surface area contributed by atoms with Crippen LogP contribution in [0, 0.1) is 0 Å². The molecule has 0 aromatic heterocycles. The molecule has 0 heterocycles. The van der Waals surface area contributed by atoms with E-state index in [1.807, 2.05) is 0 Å². The Morgan fingerprint density at radius 3 is 2.35 bits per heavy atom. The minimum absolute atomic E-state index is 0.190. The van der Waals surface area contributed by atoms with Crippen LogP contribution >= 0.6 is 31.9 Å². The number of rotatable bonds is 15. The van der Waals surface area contributed by atoms with Crippen LogP contribution in [0.5, 0.6) is 0 Å². The molecule has 2 N–H and O–H groups in total. The van der Waals surface area contributed by atoms with E-state index < -0.39 is 9.20 Å². The highest BCUT2D eigenvalue weighted by Crippen LogP contribution is 2.32. The maximum absolute atomic E-state index is 10.9. The number of aliphatic hydroxyl groups is 1. The molecule has 0 aliphatic carbocycles. The second-order valence-electron chi connectivity index (χ2n) is 6.17. The van der Waals surface area contributed by atoms with Gasteiger partial charge in [-0.15, -0.1) is 0 Å². The van der Waals surface area contributed by atoms with Crippen LogP contribution in [0.2, 0.25) is 0 Å². The molecule has 0 saturated heterocycles. The molecule has 0 rings (SSSR count). The number of alkyl halides is 2. The second-order valence-corrected chi connectivity index (χ2v) is 9.94. The predicted octanol–water partition coefficient (Wildman–Crippen LogP) is 6.18. The van der Waals surface area contributed by atoms with Gasteiger partial charge in [-0.05, 0) is 32.1 Å². The molecule has 1 atom stereocenters. The average molecular weight is 456 g/mol. The summed E-state index contributed by atoms with van der Waals surface area (Å²) in [5.74, 6) is -0.867. The number of carbonyl (C=O) groups is 1. The van der Waals surface area contributed by atoms with E-state index in [9.17, 15) is 9.90 Å². The molecule has 0 aromatic rings. The van der Waals surface area contributed by atoms with Gasteiger partial charge in [0, 0.05) is 0 Å². The van der Waals surface area contributed by atoms with E-state index in [1.165, 1.54) is 19.3 Å². The molecular weight excluding hydrogens is 424 g/mol. The lowest BCUT2D eigenvalue weighted by Crippen LogP contribution is -2.23. The fraction of sp³-hybridized carbons (Fsp3) is 0.833. The van der Waals surface area contributed by atoms with Crippen LogP contribution in [0.3, 0.4) is 0 Å². The molecule has 0 spiro atoms. The summed E-state index contributed by atoms with van der Waals surface area (Å²) in [6, 6.07) is 0.